The van der Waals surface area contributed by atoms with Crippen molar-refractivity contribution in [2.45, 2.75) is 45.1 Å². The molecule has 0 bridgehead atoms. The molecule has 270 valence electrons. The number of rotatable bonds is 13. The van der Waals surface area contributed by atoms with Crippen molar-refractivity contribution >= 4 is 38.5 Å². The molecule has 3 aliphatic rings. The number of benzene rings is 3. The second kappa shape index (κ2) is 14.9. The van der Waals surface area contributed by atoms with Crippen molar-refractivity contribution in [3.63, 3.8) is 0 Å². The number of pyridine rings is 1. The van der Waals surface area contributed by atoms with E-state index in [1.54, 1.807) is 6.20 Å². The van der Waals surface area contributed by atoms with Crippen LogP contribution in [0, 0.1) is 5.82 Å². The Morgan fingerprint density at radius 3 is 2.45 bits per heavy atom. The van der Waals surface area contributed by atoms with Gasteiger partial charge in [-0.05, 0) is 57.1 Å². The Morgan fingerprint density at radius 1 is 0.863 bits per heavy atom. The van der Waals surface area contributed by atoms with E-state index in [0.29, 0.717) is 35.5 Å². The van der Waals surface area contributed by atoms with E-state index in [9.17, 15) is 9.90 Å². The topological polar surface area (TPSA) is 95.6 Å². The van der Waals surface area contributed by atoms with Crippen molar-refractivity contribution in [2.24, 2.45) is 0 Å². The Labute approximate surface area is 297 Å². The summed E-state index contributed by atoms with van der Waals surface area (Å²) in [5.41, 5.74) is 2.68. The Bertz CT molecular complexity index is 2080. The van der Waals surface area contributed by atoms with E-state index in [4.69, 9.17) is 13.9 Å². The first-order chi connectivity index (χ1) is 25.0. The van der Waals surface area contributed by atoms with Gasteiger partial charge in [-0.15, -0.1) is 0 Å². The largest absolute Gasteiger partial charge is 0.456 e. The van der Waals surface area contributed by atoms with Crippen LogP contribution in [0.15, 0.2) is 57.9 Å². The fraction of sp³-hybridized carbons (Fsp3) is 0.475. The van der Waals surface area contributed by atoms with Crippen LogP contribution >= 0.6 is 0 Å². The number of fused-ring (bicyclic) bond motifs is 5. The van der Waals surface area contributed by atoms with E-state index in [1.165, 1.54) is 6.07 Å². The number of para-hydroxylation sites is 1. The molecule has 10 nitrogen and oxygen atoms in total. The summed E-state index contributed by atoms with van der Waals surface area (Å²) >= 11 is 0. The number of unbranched alkanes of at least 4 members (excludes halogenated alkanes) is 2. The molecule has 51 heavy (non-hydrogen) atoms. The maximum atomic E-state index is 16.1. The molecule has 0 spiro atoms. The molecule has 11 heteroatoms. The molecule has 8 rings (SSSR count). The van der Waals surface area contributed by atoms with Gasteiger partial charge in [-0.3, -0.25) is 9.69 Å². The van der Waals surface area contributed by atoms with Gasteiger partial charge in [0.25, 0.3) is 0 Å². The van der Waals surface area contributed by atoms with Gasteiger partial charge in [0, 0.05) is 74.4 Å². The highest BCUT2D eigenvalue weighted by molar-refractivity contribution is 6.07. The average molecular weight is 698 g/mol. The highest BCUT2D eigenvalue weighted by Crippen LogP contribution is 2.47. The SMILES string of the molecule is CCN1CCN(CCCCCC(O)c2cn3c4c(c(NCCCN5CCOCC5)c(F)cc4c2=O)Oc2cc4c(cc2-3)oc2ccccc24)CC1. The zero-order valence-electron chi connectivity index (χ0n) is 29.5. The molecule has 2 aromatic heterocycles. The van der Waals surface area contributed by atoms with Crippen LogP contribution < -0.4 is 15.5 Å². The number of morpholine rings is 1. The minimum Gasteiger partial charge on any atom is -0.456 e. The van der Waals surface area contributed by atoms with Crippen LogP contribution in [0.4, 0.5) is 10.1 Å². The molecule has 1 atom stereocenters. The van der Waals surface area contributed by atoms with Crippen molar-refractivity contribution in [1.29, 1.82) is 0 Å². The number of ether oxygens (including phenoxy) is 2. The number of hydrogen-bond acceptors (Lipinski definition) is 9. The van der Waals surface area contributed by atoms with E-state index in [1.807, 2.05) is 41.0 Å². The number of aliphatic hydroxyl groups is 1. The number of nitrogens with one attached hydrogen (secondary N) is 1. The summed E-state index contributed by atoms with van der Waals surface area (Å²) in [6.45, 7) is 13.5. The Hall–Kier alpha value is -4.00. The van der Waals surface area contributed by atoms with Crippen LogP contribution in [-0.2, 0) is 4.74 Å². The molecule has 3 aliphatic heterocycles. The first-order valence-electron chi connectivity index (χ1n) is 18.7. The van der Waals surface area contributed by atoms with Crippen molar-refractivity contribution in [2.75, 3.05) is 84.0 Å². The third-order valence-electron chi connectivity index (χ3n) is 10.9. The average Bonchev–Trinajstić information content (AvgIpc) is 3.52. The molecule has 0 aliphatic carbocycles. The monoisotopic (exact) mass is 697 g/mol. The third kappa shape index (κ3) is 6.85. The number of aromatic nitrogens is 1. The Morgan fingerprint density at radius 2 is 1.63 bits per heavy atom. The van der Waals surface area contributed by atoms with Gasteiger partial charge < -0.3 is 38.7 Å². The van der Waals surface area contributed by atoms with Crippen LogP contribution in [0.5, 0.6) is 11.5 Å². The van der Waals surface area contributed by atoms with Crippen molar-refractivity contribution in [3.8, 4) is 17.2 Å². The van der Waals surface area contributed by atoms with Crippen LogP contribution in [0.1, 0.15) is 50.7 Å². The van der Waals surface area contributed by atoms with Gasteiger partial charge in [0.1, 0.15) is 22.4 Å². The van der Waals surface area contributed by atoms with E-state index in [-0.39, 0.29) is 27.8 Å². The Balaban J connectivity index is 1.08. The summed E-state index contributed by atoms with van der Waals surface area (Å²) < 4.78 is 36.2. The van der Waals surface area contributed by atoms with E-state index < -0.39 is 11.9 Å². The molecule has 1 unspecified atom stereocenters. The minimum atomic E-state index is -0.982. The number of hydrogen-bond donors (Lipinski definition) is 2. The van der Waals surface area contributed by atoms with E-state index in [2.05, 4.69) is 26.9 Å². The predicted molar refractivity (Wildman–Crippen MR) is 199 cm³/mol. The van der Waals surface area contributed by atoms with E-state index >= 15 is 4.39 Å². The number of nitrogens with zero attached hydrogens (tertiary/aromatic N) is 4. The normalized spacial score (nSPS) is 17.6. The van der Waals surface area contributed by atoms with Crippen LogP contribution in [0.3, 0.4) is 0 Å². The maximum Gasteiger partial charge on any atom is 0.195 e. The number of aliphatic hydroxyl groups excluding tert-OH is 1. The summed E-state index contributed by atoms with van der Waals surface area (Å²) in [7, 11) is 0. The maximum absolute atomic E-state index is 16.1. The van der Waals surface area contributed by atoms with Gasteiger partial charge in [-0.25, -0.2) is 4.39 Å². The van der Waals surface area contributed by atoms with Gasteiger partial charge in [-0.1, -0.05) is 38.0 Å². The van der Waals surface area contributed by atoms with Crippen molar-refractivity contribution < 1.29 is 23.4 Å². The molecule has 5 heterocycles. The van der Waals surface area contributed by atoms with Crippen LogP contribution in [-0.4, -0.2) is 103 Å². The summed E-state index contributed by atoms with van der Waals surface area (Å²) in [5, 5.41) is 16.8. The molecule has 5 aromatic rings. The van der Waals surface area contributed by atoms with E-state index in [0.717, 1.165) is 114 Å². The summed E-state index contributed by atoms with van der Waals surface area (Å²) in [6.07, 6.45) is 4.81. The Kier molecular flexibility index (Phi) is 9.98. The smallest absolute Gasteiger partial charge is 0.195 e. The second-order valence-corrected chi connectivity index (χ2v) is 14.1. The zero-order valence-corrected chi connectivity index (χ0v) is 29.5. The van der Waals surface area contributed by atoms with Gasteiger partial charge in [-0.2, -0.15) is 0 Å². The minimum absolute atomic E-state index is 0.180. The molecular formula is C40H48FN5O5. The molecule has 0 amide bonds. The quantitative estimate of drug-likeness (QED) is 0.131. The predicted octanol–water partition coefficient (Wildman–Crippen LogP) is 6.50. The third-order valence-corrected chi connectivity index (χ3v) is 10.9. The zero-order chi connectivity index (χ0) is 34.9. The lowest BCUT2D eigenvalue weighted by atomic mass is 10.00. The van der Waals surface area contributed by atoms with Crippen LogP contribution in [0.2, 0.25) is 0 Å². The standard InChI is InChI=1S/C40H48FN5O5/c1-2-43-15-17-44(18-16-43)13-7-3-4-10-33(47)30-26-46-32-25-35-28(27-9-5-6-11-34(27)50-35)24-36(32)51-40-37(31(41)23-29(38(40)46)39(30)48)42-12-8-14-45-19-21-49-22-20-45/h5-6,9,11,23-26,33,42,47H,2-4,7-8,10,12-22H2,1H3. The number of anilines is 1. The van der Waals surface area contributed by atoms with Gasteiger partial charge in [0.05, 0.1) is 30.4 Å². The van der Waals surface area contributed by atoms with Crippen molar-refractivity contribution in [1.82, 2.24) is 19.3 Å². The lowest BCUT2D eigenvalue weighted by molar-refractivity contribution is 0.0378. The lowest BCUT2D eigenvalue weighted by Crippen LogP contribution is -2.46. The van der Waals surface area contributed by atoms with Crippen LogP contribution in [0.25, 0.3) is 38.5 Å². The number of halogens is 1. The van der Waals surface area contributed by atoms with Gasteiger partial charge in [0.2, 0.25) is 0 Å². The second-order valence-electron chi connectivity index (χ2n) is 14.1. The van der Waals surface area contributed by atoms with Gasteiger partial charge in [0.15, 0.2) is 22.7 Å². The number of piperazine rings is 1. The van der Waals surface area contributed by atoms with Crippen molar-refractivity contribution in [3.05, 3.63) is 70.3 Å². The lowest BCUT2D eigenvalue weighted by Gasteiger charge is -2.34. The summed E-state index contributed by atoms with van der Waals surface area (Å²) in [6, 6.07) is 13.0. The molecule has 2 fully saturated rings. The fourth-order valence-electron chi connectivity index (χ4n) is 7.93. The summed E-state index contributed by atoms with van der Waals surface area (Å²) in [5.74, 6) is 0.236. The molecule has 2 saturated heterocycles. The van der Waals surface area contributed by atoms with Gasteiger partial charge >= 0.3 is 0 Å². The first kappa shape index (κ1) is 34.1. The summed E-state index contributed by atoms with van der Waals surface area (Å²) in [4.78, 5) is 21.4. The number of furan rings is 1. The molecular weight excluding hydrogens is 649 g/mol. The highest BCUT2D eigenvalue weighted by atomic mass is 19.1. The molecule has 3 aromatic carbocycles. The first-order valence-corrected chi connectivity index (χ1v) is 18.7. The highest BCUT2D eigenvalue weighted by Gasteiger charge is 2.30. The molecule has 0 radical (unpaired) electrons. The molecule has 2 N–H and O–H groups in total. The molecule has 0 saturated carbocycles. The fourth-order valence-corrected chi connectivity index (χ4v) is 7.93. The number of likely N-dealkylation sites (N-methyl/N-ethyl adjacent to an activating group) is 1.